The maximum atomic E-state index is 12.3. The number of carbonyl (C=O) groups is 3. The Hall–Kier alpha value is -2.77. The van der Waals surface area contributed by atoms with Crippen LogP contribution in [0.15, 0.2) is 65.4 Å². The summed E-state index contributed by atoms with van der Waals surface area (Å²) in [7, 11) is 0. The van der Waals surface area contributed by atoms with Gasteiger partial charge in [-0.05, 0) is 28.5 Å². The summed E-state index contributed by atoms with van der Waals surface area (Å²) in [6.45, 7) is -0.374. The number of thiophene rings is 2. The van der Waals surface area contributed by atoms with Gasteiger partial charge in [0.05, 0.1) is 17.3 Å². The molecule has 1 amide bonds. The largest absolute Gasteiger partial charge is 0.456 e. The van der Waals surface area contributed by atoms with E-state index in [1.165, 1.54) is 11.3 Å². The summed E-state index contributed by atoms with van der Waals surface area (Å²) in [5.41, 5.74) is 0.950. The van der Waals surface area contributed by atoms with Crippen molar-refractivity contribution in [3.63, 3.8) is 0 Å². The van der Waals surface area contributed by atoms with Crippen LogP contribution < -0.4 is 5.32 Å². The molecule has 7 heteroatoms. The first-order chi connectivity index (χ1) is 13.6. The Morgan fingerprint density at radius 3 is 2.32 bits per heavy atom. The molecular weight excluding hydrogens is 394 g/mol. The molecule has 1 aromatic carbocycles. The third-order valence-electron chi connectivity index (χ3n) is 3.98. The number of esters is 1. The molecule has 0 saturated carbocycles. The van der Waals surface area contributed by atoms with Gasteiger partial charge in [0.2, 0.25) is 0 Å². The first kappa shape index (κ1) is 20.0. The normalized spacial score (nSPS) is 11.6. The summed E-state index contributed by atoms with van der Waals surface area (Å²) in [5, 5.41) is 6.67. The van der Waals surface area contributed by atoms with E-state index in [-0.39, 0.29) is 37.2 Å². The molecule has 0 unspecified atom stereocenters. The molecule has 3 aromatic rings. The minimum atomic E-state index is -0.563. The van der Waals surface area contributed by atoms with Crippen LogP contribution in [-0.4, -0.2) is 24.3 Å². The first-order valence-corrected chi connectivity index (χ1v) is 10.5. The fourth-order valence-electron chi connectivity index (χ4n) is 2.62. The van der Waals surface area contributed by atoms with Gasteiger partial charge in [0.15, 0.2) is 12.4 Å². The van der Waals surface area contributed by atoms with E-state index in [0.717, 1.165) is 10.4 Å². The van der Waals surface area contributed by atoms with E-state index in [2.05, 4.69) is 5.32 Å². The smallest absolute Gasteiger partial charge is 0.306 e. The standard InChI is InChI=1S/C21H19NO4S2/c23-16(17-8-4-12-27-17)10-11-20(25)26-14-19(24)22-21(18-9-5-13-28-18)15-6-2-1-3-7-15/h1-9,12-13,21H,10-11,14H2,(H,22,24)/t21-/m1/s1. The number of carbonyl (C=O) groups excluding carboxylic acids is 3. The van der Waals surface area contributed by atoms with Gasteiger partial charge in [-0.1, -0.05) is 42.5 Å². The minimum absolute atomic E-state index is 0.0446. The van der Waals surface area contributed by atoms with Gasteiger partial charge in [0.25, 0.3) is 5.91 Å². The fraction of sp³-hybridized carbons (Fsp3) is 0.190. The average molecular weight is 414 g/mol. The summed E-state index contributed by atoms with van der Waals surface area (Å²) in [5.74, 6) is -1.05. The summed E-state index contributed by atoms with van der Waals surface area (Å²) in [6, 6.07) is 16.7. The number of benzene rings is 1. The lowest BCUT2D eigenvalue weighted by Gasteiger charge is -2.18. The topological polar surface area (TPSA) is 72.5 Å². The quantitative estimate of drug-likeness (QED) is 0.421. The maximum absolute atomic E-state index is 12.3. The van der Waals surface area contributed by atoms with Gasteiger partial charge in [-0.25, -0.2) is 0 Å². The second-order valence-electron chi connectivity index (χ2n) is 5.99. The molecule has 5 nitrogen and oxygen atoms in total. The highest BCUT2D eigenvalue weighted by molar-refractivity contribution is 7.12. The number of Topliss-reactive ketones (excluding diaryl/α,β-unsaturated/α-hetero) is 1. The van der Waals surface area contributed by atoms with Gasteiger partial charge in [-0.15, -0.1) is 22.7 Å². The van der Waals surface area contributed by atoms with E-state index in [0.29, 0.717) is 4.88 Å². The lowest BCUT2D eigenvalue weighted by Crippen LogP contribution is -2.32. The zero-order valence-corrected chi connectivity index (χ0v) is 16.6. The molecular formula is C21H19NO4S2. The molecule has 1 atom stereocenters. The lowest BCUT2D eigenvalue weighted by molar-refractivity contribution is -0.148. The van der Waals surface area contributed by atoms with E-state index >= 15 is 0 Å². The average Bonchev–Trinajstić information content (AvgIpc) is 3.43. The van der Waals surface area contributed by atoms with E-state index in [1.807, 2.05) is 53.2 Å². The number of amides is 1. The molecule has 0 aliphatic rings. The molecule has 0 fully saturated rings. The van der Waals surface area contributed by atoms with Crippen LogP contribution in [0.5, 0.6) is 0 Å². The summed E-state index contributed by atoms with van der Waals surface area (Å²) in [4.78, 5) is 37.7. The Labute approximate surface area is 171 Å². The van der Waals surface area contributed by atoms with Crippen LogP contribution in [0.1, 0.15) is 39.0 Å². The van der Waals surface area contributed by atoms with E-state index in [9.17, 15) is 14.4 Å². The van der Waals surface area contributed by atoms with Crippen molar-refractivity contribution >= 4 is 40.3 Å². The monoisotopic (exact) mass is 413 g/mol. The molecule has 0 radical (unpaired) electrons. The van der Waals surface area contributed by atoms with Crippen molar-refractivity contribution in [3.05, 3.63) is 80.7 Å². The zero-order chi connectivity index (χ0) is 19.8. The number of ketones is 1. The third kappa shape index (κ3) is 5.61. The van der Waals surface area contributed by atoms with Crippen molar-refractivity contribution in [2.45, 2.75) is 18.9 Å². The number of rotatable bonds is 9. The van der Waals surface area contributed by atoms with Crippen LogP contribution in [0.25, 0.3) is 0 Å². The molecule has 144 valence electrons. The van der Waals surface area contributed by atoms with Gasteiger partial charge in [-0.3, -0.25) is 14.4 Å². The summed E-state index contributed by atoms with van der Waals surface area (Å²) >= 11 is 2.88. The van der Waals surface area contributed by atoms with E-state index in [1.54, 1.807) is 23.5 Å². The van der Waals surface area contributed by atoms with Crippen LogP contribution in [0.2, 0.25) is 0 Å². The minimum Gasteiger partial charge on any atom is -0.456 e. The van der Waals surface area contributed by atoms with Crippen molar-refractivity contribution in [2.24, 2.45) is 0 Å². The number of nitrogens with one attached hydrogen (secondary N) is 1. The molecule has 0 aliphatic carbocycles. The zero-order valence-electron chi connectivity index (χ0n) is 15.0. The number of hydrogen-bond acceptors (Lipinski definition) is 6. The van der Waals surface area contributed by atoms with Crippen LogP contribution in [0, 0.1) is 0 Å². The molecule has 1 N–H and O–H groups in total. The Morgan fingerprint density at radius 1 is 0.893 bits per heavy atom. The predicted molar refractivity (Wildman–Crippen MR) is 110 cm³/mol. The van der Waals surface area contributed by atoms with Gasteiger partial charge in [0, 0.05) is 11.3 Å². The van der Waals surface area contributed by atoms with Gasteiger partial charge < -0.3 is 10.1 Å². The van der Waals surface area contributed by atoms with E-state index in [4.69, 9.17) is 4.74 Å². The third-order valence-corrected chi connectivity index (χ3v) is 5.83. The van der Waals surface area contributed by atoms with Crippen molar-refractivity contribution in [2.75, 3.05) is 6.61 Å². The Morgan fingerprint density at radius 2 is 1.64 bits per heavy atom. The molecule has 0 spiro atoms. The summed E-state index contributed by atoms with van der Waals surface area (Å²) < 4.78 is 5.03. The van der Waals surface area contributed by atoms with Crippen molar-refractivity contribution in [1.29, 1.82) is 0 Å². The predicted octanol–water partition coefficient (Wildman–Crippen LogP) is 4.22. The summed E-state index contributed by atoms with van der Waals surface area (Å²) in [6.07, 6.45) is 0.0276. The molecule has 2 aromatic heterocycles. The van der Waals surface area contributed by atoms with E-state index < -0.39 is 5.97 Å². The van der Waals surface area contributed by atoms with Crippen LogP contribution >= 0.6 is 22.7 Å². The molecule has 3 rings (SSSR count). The molecule has 0 saturated heterocycles. The Kier molecular flexibility index (Phi) is 7.11. The lowest BCUT2D eigenvalue weighted by atomic mass is 10.1. The Bertz CT molecular complexity index is 905. The second-order valence-corrected chi connectivity index (χ2v) is 7.91. The molecule has 0 bridgehead atoms. The number of ether oxygens (including phenoxy) is 1. The van der Waals surface area contributed by atoms with Crippen molar-refractivity contribution in [1.82, 2.24) is 5.32 Å². The molecule has 0 aliphatic heterocycles. The van der Waals surface area contributed by atoms with Gasteiger partial charge in [-0.2, -0.15) is 0 Å². The van der Waals surface area contributed by atoms with Crippen LogP contribution in [0.4, 0.5) is 0 Å². The highest BCUT2D eigenvalue weighted by Crippen LogP contribution is 2.25. The van der Waals surface area contributed by atoms with Crippen LogP contribution in [-0.2, 0) is 14.3 Å². The van der Waals surface area contributed by atoms with Crippen molar-refractivity contribution < 1.29 is 19.1 Å². The number of hydrogen-bond donors (Lipinski definition) is 1. The van der Waals surface area contributed by atoms with Gasteiger partial charge >= 0.3 is 5.97 Å². The molecule has 2 heterocycles. The second kappa shape index (κ2) is 9.96. The highest BCUT2D eigenvalue weighted by Gasteiger charge is 2.19. The Balaban J connectivity index is 1.49. The molecule has 28 heavy (non-hydrogen) atoms. The fourth-order valence-corrected chi connectivity index (χ4v) is 4.11. The first-order valence-electron chi connectivity index (χ1n) is 8.73. The van der Waals surface area contributed by atoms with Crippen molar-refractivity contribution in [3.8, 4) is 0 Å². The van der Waals surface area contributed by atoms with Crippen LogP contribution in [0.3, 0.4) is 0 Å². The van der Waals surface area contributed by atoms with Gasteiger partial charge in [0.1, 0.15) is 0 Å². The SMILES string of the molecule is O=C(COC(=O)CCC(=O)c1cccs1)N[C@H](c1ccccc1)c1cccs1. The highest BCUT2D eigenvalue weighted by atomic mass is 32.1. The maximum Gasteiger partial charge on any atom is 0.306 e.